The minimum Gasteiger partial charge on any atom is -0.497 e. The van der Waals surface area contributed by atoms with Gasteiger partial charge in [0.25, 0.3) is 0 Å². The van der Waals surface area contributed by atoms with Crippen molar-refractivity contribution in [1.82, 2.24) is 0 Å². The number of carbonyl (C=O) groups is 2. The fourth-order valence-electron chi connectivity index (χ4n) is 3.35. The molecule has 0 unspecified atom stereocenters. The Kier molecular flexibility index (Phi) is 6.31. The Morgan fingerprint density at radius 3 is 2.24 bits per heavy atom. The number of fused-ring (bicyclic) bond motifs is 1. The zero-order chi connectivity index (χ0) is 23.4. The normalized spacial score (nSPS) is 13.3. The maximum atomic E-state index is 12.8. The van der Waals surface area contributed by atoms with Crippen molar-refractivity contribution in [1.29, 1.82) is 0 Å². The van der Waals surface area contributed by atoms with E-state index in [2.05, 4.69) is 0 Å². The second-order valence-electron chi connectivity index (χ2n) is 7.15. The van der Waals surface area contributed by atoms with E-state index in [0.29, 0.717) is 45.4 Å². The van der Waals surface area contributed by atoms with E-state index in [4.69, 9.17) is 23.7 Å². The summed E-state index contributed by atoms with van der Waals surface area (Å²) >= 11 is 0. The van der Waals surface area contributed by atoms with E-state index in [1.165, 1.54) is 0 Å². The molecule has 1 aliphatic rings. The molecule has 0 bridgehead atoms. The summed E-state index contributed by atoms with van der Waals surface area (Å²) in [5.41, 5.74) is 1.61. The number of rotatable bonds is 8. The number of ether oxygens (including phenoxy) is 5. The Balaban J connectivity index is 1.47. The maximum absolute atomic E-state index is 12.8. The molecule has 7 nitrogen and oxygen atoms in total. The van der Waals surface area contributed by atoms with E-state index < -0.39 is 0 Å². The van der Waals surface area contributed by atoms with E-state index in [1.54, 1.807) is 88.1 Å². The van der Waals surface area contributed by atoms with E-state index in [0.717, 1.165) is 0 Å². The summed E-state index contributed by atoms with van der Waals surface area (Å²) in [4.78, 5) is 25.2. The van der Waals surface area contributed by atoms with Crippen molar-refractivity contribution in [3.63, 3.8) is 0 Å². The third-order valence-corrected chi connectivity index (χ3v) is 5.15. The average Bonchev–Trinajstić information content (AvgIpc) is 3.17. The third kappa shape index (κ3) is 4.67. The SMILES string of the molecule is COc1ccc(C(=O)COc2ccc3c(c2)O/C(=C\c2ccc(OC)cc2OC)C3=O)cc1. The fourth-order valence-corrected chi connectivity index (χ4v) is 3.35. The molecule has 33 heavy (non-hydrogen) atoms. The van der Waals surface area contributed by atoms with Crippen molar-refractivity contribution in [2.75, 3.05) is 27.9 Å². The lowest BCUT2D eigenvalue weighted by atomic mass is 10.1. The van der Waals surface area contributed by atoms with Gasteiger partial charge in [-0.2, -0.15) is 0 Å². The molecule has 0 spiro atoms. The highest BCUT2D eigenvalue weighted by atomic mass is 16.5. The van der Waals surface area contributed by atoms with Gasteiger partial charge in [-0.05, 0) is 54.6 Å². The minimum absolute atomic E-state index is 0.148. The molecule has 0 N–H and O–H groups in total. The number of carbonyl (C=O) groups excluding carboxylic acids is 2. The Morgan fingerprint density at radius 1 is 0.848 bits per heavy atom. The van der Waals surface area contributed by atoms with Crippen molar-refractivity contribution in [3.8, 4) is 28.7 Å². The molecule has 0 saturated carbocycles. The van der Waals surface area contributed by atoms with Crippen LogP contribution in [0.25, 0.3) is 6.08 Å². The van der Waals surface area contributed by atoms with Gasteiger partial charge < -0.3 is 23.7 Å². The molecule has 3 aromatic rings. The molecule has 0 radical (unpaired) electrons. The predicted octanol–water partition coefficient (Wildman–Crippen LogP) is 4.59. The standard InChI is InChI=1S/C26H22O7/c1-29-18-7-4-16(5-8-18)22(27)15-32-20-10-11-21-24(14-20)33-25(26(21)28)12-17-6-9-19(30-2)13-23(17)31-3/h4-14H,15H2,1-3H3/b25-12-. The van der Waals surface area contributed by atoms with Crippen LogP contribution in [0.2, 0.25) is 0 Å². The highest BCUT2D eigenvalue weighted by Crippen LogP contribution is 2.36. The van der Waals surface area contributed by atoms with Gasteiger partial charge in [0.05, 0.1) is 26.9 Å². The lowest BCUT2D eigenvalue weighted by molar-refractivity contribution is 0.0920. The van der Waals surface area contributed by atoms with E-state index in [1.807, 2.05) is 0 Å². The van der Waals surface area contributed by atoms with E-state index in [-0.39, 0.29) is 23.9 Å². The van der Waals surface area contributed by atoms with Gasteiger partial charge in [-0.25, -0.2) is 0 Å². The Hall–Kier alpha value is -4.26. The van der Waals surface area contributed by atoms with Gasteiger partial charge in [-0.1, -0.05) is 0 Å². The van der Waals surface area contributed by atoms with Crippen LogP contribution in [0.3, 0.4) is 0 Å². The number of hydrogen-bond donors (Lipinski definition) is 0. The lowest BCUT2D eigenvalue weighted by Crippen LogP contribution is -2.11. The largest absolute Gasteiger partial charge is 0.497 e. The van der Waals surface area contributed by atoms with E-state index >= 15 is 0 Å². The fraction of sp³-hybridized carbons (Fsp3) is 0.154. The molecule has 7 heteroatoms. The molecule has 1 heterocycles. The topological polar surface area (TPSA) is 80.3 Å². The molecular formula is C26H22O7. The molecule has 0 aromatic heterocycles. The smallest absolute Gasteiger partial charge is 0.231 e. The van der Waals surface area contributed by atoms with Crippen LogP contribution in [0.1, 0.15) is 26.3 Å². The van der Waals surface area contributed by atoms with Crippen LogP contribution in [0.15, 0.2) is 66.4 Å². The Bertz CT molecular complexity index is 1230. The summed E-state index contributed by atoms with van der Waals surface area (Å²) in [5.74, 6) is 2.40. The molecule has 168 valence electrons. The van der Waals surface area contributed by atoms with Crippen LogP contribution < -0.4 is 23.7 Å². The molecule has 0 aliphatic carbocycles. The van der Waals surface area contributed by atoms with Crippen molar-refractivity contribution in [3.05, 3.63) is 83.1 Å². The van der Waals surface area contributed by atoms with Crippen LogP contribution in [0, 0.1) is 0 Å². The van der Waals surface area contributed by atoms with Gasteiger partial charge in [0, 0.05) is 23.3 Å². The van der Waals surface area contributed by atoms with Gasteiger partial charge >= 0.3 is 0 Å². The predicted molar refractivity (Wildman–Crippen MR) is 122 cm³/mol. The summed E-state index contributed by atoms with van der Waals surface area (Å²) in [6, 6.07) is 16.9. The zero-order valence-electron chi connectivity index (χ0n) is 18.4. The number of Topliss-reactive ketones (excluding diaryl/α,β-unsaturated/α-hetero) is 2. The molecular weight excluding hydrogens is 424 g/mol. The summed E-state index contributed by atoms with van der Waals surface area (Å²) in [7, 11) is 4.67. The van der Waals surface area contributed by atoms with Crippen LogP contribution in [0.5, 0.6) is 28.7 Å². The van der Waals surface area contributed by atoms with Crippen molar-refractivity contribution in [2.45, 2.75) is 0 Å². The van der Waals surface area contributed by atoms with Crippen molar-refractivity contribution >= 4 is 17.6 Å². The van der Waals surface area contributed by atoms with E-state index in [9.17, 15) is 9.59 Å². The first kappa shape index (κ1) is 22.0. The Morgan fingerprint density at radius 2 is 1.55 bits per heavy atom. The highest BCUT2D eigenvalue weighted by Gasteiger charge is 2.28. The first-order valence-corrected chi connectivity index (χ1v) is 10.1. The Labute approximate surface area is 191 Å². The second kappa shape index (κ2) is 9.48. The zero-order valence-corrected chi connectivity index (χ0v) is 18.4. The minimum atomic E-state index is -0.247. The first-order valence-electron chi connectivity index (χ1n) is 10.1. The number of benzene rings is 3. The third-order valence-electron chi connectivity index (χ3n) is 5.15. The number of allylic oxidation sites excluding steroid dienone is 1. The van der Waals surface area contributed by atoms with Gasteiger partial charge in [0.15, 0.2) is 18.1 Å². The van der Waals surface area contributed by atoms with Gasteiger partial charge in [-0.15, -0.1) is 0 Å². The average molecular weight is 446 g/mol. The lowest BCUT2D eigenvalue weighted by Gasteiger charge is -2.08. The molecule has 0 fully saturated rings. The van der Waals surface area contributed by atoms with Gasteiger partial charge in [-0.3, -0.25) is 9.59 Å². The first-order chi connectivity index (χ1) is 16.0. The quantitative estimate of drug-likeness (QED) is 0.370. The summed E-state index contributed by atoms with van der Waals surface area (Å²) in [6.07, 6.45) is 1.62. The van der Waals surface area contributed by atoms with Crippen molar-refractivity contribution < 1.29 is 33.3 Å². The molecule has 3 aromatic carbocycles. The number of ketones is 2. The van der Waals surface area contributed by atoms with Crippen LogP contribution in [0.4, 0.5) is 0 Å². The second-order valence-corrected chi connectivity index (χ2v) is 7.15. The highest BCUT2D eigenvalue weighted by molar-refractivity contribution is 6.14. The number of methoxy groups -OCH3 is 3. The van der Waals surface area contributed by atoms with Crippen molar-refractivity contribution in [2.24, 2.45) is 0 Å². The molecule has 1 aliphatic heterocycles. The van der Waals surface area contributed by atoms with Gasteiger partial charge in [0.1, 0.15) is 28.7 Å². The van der Waals surface area contributed by atoms with Crippen LogP contribution in [-0.2, 0) is 0 Å². The molecule has 0 atom stereocenters. The van der Waals surface area contributed by atoms with Crippen LogP contribution in [-0.4, -0.2) is 39.5 Å². The summed E-state index contributed by atoms with van der Waals surface area (Å²) in [6.45, 7) is -0.148. The number of hydrogen-bond acceptors (Lipinski definition) is 7. The van der Waals surface area contributed by atoms with Gasteiger partial charge in [0.2, 0.25) is 5.78 Å². The summed E-state index contributed by atoms with van der Waals surface area (Å²) < 4.78 is 27.1. The van der Waals surface area contributed by atoms with Crippen LogP contribution >= 0.6 is 0 Å². The maximum Gasteiger partial charge on any atom is 0.231 e. The summed E-state index contributed by atoms with van der Waals surface area (Å²) in [5, 5.41) is 0. The molecule has 0 saturated heterocycles. The molecule has 4 rings (SSSR count). The molecule has 0 amide bonds. The monoisotopic (exact) mass is 446 g/mol.